The van der Waals surface area contributed by atoms with Gasteiger partial charge in [-0.2, -0.15) is 5.10 Å². The normalized spacial score (nSPS) is 10.6. The van der Waals surface area contributed by atoms with Gasteiger partial charge in [-0.15, -0.1) is 0 Å². The molecule has 0 atom stereocenters. The smallest absolute Gasteiger partial charge is 0.258 e. The lowest BCUT2D eigenvalue weighted by atomic mass is 10.2. The highest BCUT2D eigenvalue weighted by molar-refractivity contribution is 5.77. The Labute approximate surface area is 170 Å². The number of anilines is 1. The third-order valence-electron chi connectivity index (χ3n) is 4.16. The number of nitrogens with zero attached hydrogens (tertiary/aromatic N) is 4. The van der Waals surface area contributed by atoms with Gasteiger partial charge in [-0.05, 0) is 51.5 Å². The number of aromatic nitrogens is 4. The summed E-state index contributed by atoms with van der Waals surface area (Å²) >= 11 is 0. The Bertz CT molecular complexity index is 999. The number of amides is 1. The van der Waals surface area contributed by atoms with Crippen molar-refractivity contribution in [3.63, 3.8) is 0 Å². The number of ether oxygens (including phenoxy) is 1. The molecule has 8 nitrogen and oxygen atoms in total. The van der Waals surface area contributed by atoms with Gasteiger partial charge in [0.05, 0.1) is 5.69 Å². The summed E-state index contributed by atoms with van der Waals surface area (Å²) in [6.07, 6.45) is 0. The molecule has 2 N–H and O–H groups in total. The van der Waals surface area contributed by atoms with Gasteiger partial charge in [0.1, 0.15) is 17.4 Å². The molecule has 152 valence electrons. The number of aryl methyl sites for hydroxylation is 4. The maximum Gasteiger partial charge on any atom is 0.258 e. The maximum atomic E-state index is 11.9. The van der Waals surface area contributed by atoms with Gasteiger partial charge < -0.3 is 15.4 Å². The van der Waals surface area contributed by atoms with Crippen LogP contribution in [-0.2, 0) is 4.79 Å². The summed E-state index contributed by atoms with van der Waals surface area (Å²) in [5.74, 6) is 2.56. The van der Waals surface area contributed by atoms with Crippen LogP contribution in [0.3, 0.4) is 0 Å². The highest BCUT2D eigenvalue weighted by atomic mass is 16.5. The molecule has 1 amide bonds. The lowest BCUT2D eigenvalue weighted by molar-refractivity contribution is -0.123. The number of carbonyl (C=O) groups is 1. The molecule has 8 heteroatoms. The zero-order chi connectivity index (χ0) is 20.8. The van der Waals surface area contributed by atoms with Crippen LogP contribution < -0.4 is 15.4 Å². The van der Waals surface area contributed by atoms with Gasteiger partial charge in [-0.25, -0.2) is 14.6 Å². The molecule has 29 heavy (non-hydrogen) atoms. The molecule has 2 aromatic heterocycles. The zero-order valence-corrected chi connectivity index (χ0v) is 17.2. The van der Waals surface area contributed by atoms with Crippen LogP contribution in [0.25, 0.3) is 5.82 Å². The van der Waals surface area contributed by atoms with Crippen LogP contribution in [-0.4, -0.2) is 45.4 Å². The second-order valence-corrected chi connectivity index (χ2v) is 6.88. The molecule has 0 bridgehead atoms. The van der Waals surface area contributed by atoms with E-state index < -0.39 is 0 Å². The van der Waals surface area contributed by atoms with Crippen molar-refractivity contribution < 1.29 is 9.53 Å². The Balaban J connectivity index is 1.48. The first-order valence-electron chi connectivity index (χ1n) is 9.50. The fourth-order valence-corrected chi connectivity index (χ4v) is 2.91. The summed E-state index contributed by atoms with van der Waals surface area (Å²) in [5.41, 5.74) is 3.03. The van der Waals surface area contributed by atoms with Crippen LogP contribution in [0.5, 0.6) is 5.75 Å². The van der Waals surface area contributed by atoms with Crippen molar-refractivity contribution in [1.29, 1.82) is 0 Å². The van der Waals surface area contributed by atoms with Crippen LogP contribution in [0.1, 0.15) is 22.8 Å². The largest absolute Gasteiger partial charge is 0.484 e. The Morgan fingerprint density at radius 3 is 2.62 bits per heavy atom. The van der Waals surface area contributed by atoms with Crippen LogP contribution in [0.4, 0.5) is 5.82 Å². The van der Waals surface area contributed by atoms with Crippen LogP contribution in [0.15, 0.2) is 36.4 Å². The molecule has 2 heterocycles. The molecule has 1 aromatic carbocycles. The second-order valence-electron chi connectivity index (χ2n) is 6.88. The van der Waals surface area contributed by atoms with Crippen LogP contribution in [0, 0.1) is 27.7 Å². The van der Waals surface area contributed by atoms with Gasteiger partial charge >= 0.3 is 0 Å². The highest BCUT2D eigenvalue weighted by Gasteiger charge is 2.08. The summed E-state index contributed by atoms with van der Waals surface area (Å²) in [4.78, 5) is 20.8. The third kappa shape index (κ3) is 5.78. The van der Waals surface area contributed by atoms with Crippen LogP contribution >= 0.6 is 0 Å². The number of hydrogen-bond acceptors (Lipinski definition) is 6. The molecule has 0 aliphatic heterocycles. The average molecular weight is 394 g/mol. The van der Waals surface area contributed by atoms with Crippen molar-refractivity contribution in [2.24, 2.45) is 0 Å². The van der Waals surface area contributed by atoms with E-state index in [1.807, 2.05) is 64.1 Å². The Hall–Kier alpha value is -3.42. The minimum Gasteiger partial charge on any atom is -0.484 e. The van der Waals surface area contributed by atoms with E-state index in [1.165, 1.54) is 0 Å². The van der Waals surface area contributed by atoms with Crippen molar-refractivity contribution in [3.8, 4) is 11.6 Å². The summed E-state index contributed by atoms with van der Waals surface area (Å²) in [7, 11) is 0. The van der Waals surface area contributed by atoms with Gasteiger partial charge in [-0.3, -0.25) is 4.79 Å². The van der Waals surface area contributed by atoms with E-state index in [9.17, 15) is 4.79 Å². The molecule has 0 aliphatic carbocycles. The minimum absolute atomic E-state index is 0.0157. The summed E-state index contributed by atoms with van der Waals surface area (Å²) in [5, 5.41) is 10.5. The molecule has 0 unspecified atom stereocenters. The van der Waals surface area contributed by atoms with E-state index in [1.54, 1.807) is 4.68 Å². The van der Waals surface area contributed by atoms with Gasteiger partial charge in [0, 0.05) is 24.8 Å². The lowest BCUT2D eigenvalue weighted by Crippen LogP contribution is -2.32. The summed E-state index contributed by atoms with van der Waals surface area (Å²) in [6, 6.07) is 11.4. The maximum absolute atomic E-state index is 11.9. The molecule has 0 spiro atoms. The number of hydrogen-bond donors (Lipinski definition) is 2. The third-order valence-corrected chi connectivity index (χ3v) is 4.16. The average Bonchev–Trinajstić information content (AvgIpc) is 3.01. The number of carbonyl (C=O) groups excluding carboxylic acids is 1. The Kier molecular flexibility index (Phi) is 6.43. The molecule has 3 rings (SSSR count). The second kappa shape index (κ2) is 9.18. The molecule has 0 fully saturated rings. The first-order valence-corrected chi connectivity index (χ1v) is 9.50. The van der Waals surface area contributed by atoms with Gasteiger partial charge in [0.25, 0.3) is 5.91 Å². The molecule has 0 saturated heterocycles. The molecule has 3 aromatic rings. The fourth-order valence-electron chi connectivity index (χ4n) is 2.91. The van der Waals surface area contributed by atoms with Gasteiger partial charge in [0.15, 0.2) is 12.4 Å². The quantitative estimate of drug-likeness (QED) is 0.570. The standard InChI is InChI=1S/C21H26N6O2/c1-14-6-5-7-18(10-14)29-13-21(28)23-9-8-22-19-12-20(25-17(4)24-19)27-16(3)11-15(2)26-27/h5-7,10-12H,8-9,13H2,1-4H3,(H,23,28)(H,22,24,25). The Morgan fingerprint density at radius 1 is 1.07 bits per heavy atom. The molecule has 0 radical (unpaired) electrons. The SMILES string of the molecule is Cc1cccc(OCC(=O)NCCNc2cc(-n3nc(C)cc3C)nc(C)n2)c1. The van der Waals surface area contributed by atoms with Crippen molar-refractivity contribution in [2.45, 2.75) is 27.7 Å². The first-order chi connectivity index (χ1) is 13.9. The van der Waals surface area contributed by atoms with E-state index in [0.717, 1.165) is 17.0 Å². The number of benzene rings is 1. The lowest BCUT2D eigenvalue weighted by Gasteiger charge is -2.11. The van der Waals surface area contributed by atoms with Crippen molar-refractivity contribution >= 4 is 11.7 Å². The van der Waals surface area contributed by atoms with E-state index in [4.69, 9.17) is 4.74 Å². The highest BCUT2D eigenvalue weighted by Crippen LogP contribution is 2.14. The van der Waals surface area contributed by atoms with Crippen molar-refractivity contribution in [3.05, 3.63) is 59.2 Å². The van der Waals surface area contributed by atoms with Gasteiger partial charge in [-0.1, -0.05) is 12.1 Å². The minimum atomic E-state index is -0.171. The molecular formula is C21H26N6O2. The Morgan fingerprint density at radius 2 is 1.90 bits per heavy atom. The molecular weight excluding hydrogens is 368 g/mol. The van der Waals surface area contributed by atoms with Gasteiger partial charge in [0.2, 0.25) is 0 Å². The molecule has 0 aliphatic rings. The fraction of sp³-hybridized carbons (Fsp3) is 0.333. The number of rotatable bonds is 8. The van der Waals surface area contributed by atoms with Crippen LogP contribution in [0.2, 0.25) is 0 Å². The number of nitrogens with one attached hydrogen (secondary N) is 2. The summed E-state index contributed by atoms with van der Waals surface area (Å²) < 4.78 is 7.29. The van der Waals surface area contributed by atoms with E-state index in [2.05, 4.69) is 25.7 Å². The molecule has 0 saturated carbocycles. The topological polar surface area (TPSA) is 94.0 Å². The predicted octanol–water partition coefficient (Wildman–Crippen LogP) is 2.50. The summed E-state index contributed by atoms with van der Waals surface area (Å²) in [6.45, 7) is 8.72. The van der Waals surface area contributed by atoms with E-state index in [0.29, 0.717) is 36.3 Å². The van der Waals surface area contributed by atoms with E-state index in [-0.39, 0.29) is 12.5 Å². The predicted molar refractivity (Wildman–Crippen MR) is 112 cm³/mol. The van der Waals surface area contributed by atoms with Crippen molar-refractivity contribution in [2.75, 3.05) is 25.0 Å². The first kappa shape index (κ1) is 20.3. The van der Waals surface area contributed by atoms with E-state index >= 15 is 0 Å². The zero-order valence-electron chi connectivity index (χ0n) is 17.2. The monoisotopic (exact) mass is 394 g/mol. The van der Waals surface area contributed by atoms with Crippen molar-refractivity contribution in [1.82, 2.24) is 25.1 Å².